The molecule has 0 radical (unpaired) electrons. The number of benzene rings is 2. The molecule has 0 saturated carbocycles. The van der Waals surface area contributed by atoms with Gasteiger partial charge in [-0.1, -0.05) is 28.9 Å². The van der Waals surface area contributed by atoms with Gasteiger partial charge in [0.2, 0.25) is 5.89 Å². The summed E-state index contributed by atoms with van der Waals surface area (Å²) < 4.78 is 18.1. The van der Waals surface area contributed by atoms with Gasteiger partial charge in [-0.25, -0.2) is 9.18 Å². The molecule has 0 spiro atoms. The molecule has 0 bridgehead atoms. The third kappa shape index (κ3) is 5.51. The lowest BCUT2D eigenvalue weighted by molar-refractivity contribution is 0.247. The van der Waals surface area contributed by atoms with Gasteiger partial charge in [0.05, 0.1) is 19.1 Å². The lowest BCUT2D eigenvalue weighted by atomic mass is 10.1. The van der Waals surface area contributed by atoms with Gasteiger partial charge in [0.15, 0.2) is 5.82 Å². The van der Waals surface area contributed by atoms with Crippen molar-refractivity contribution in [3.63, 3.8) is 0 Å². The molecule has 7 nitrogen and oxygen atoms in total. The van der Waals surface area contributed by atoms with Crippen LogP contribution in [0.15, 0.2) is 53.1 Å². The Hall–Kier alpha value is -2.97. The highest BCUT2D eigenvalue weighted by Gasteiger charge is 2.21. The molecular formula is C19H18ClFN4O3. The van der Waals surface area contributed by atoms with Gasteiger partial charge >= 0.3 is 6.03 Å². The van der Waals surface area contributed by atoms with Gasteiger partial charge in [0, 0.05) is 17.1 Å². The topological polar surface area (TPSA) is 100 Å². The molecule has 3 aromatic rings. The standard InChI is InChI=1S/C19H18ClFN4O3/c20-13-3-1-12(2-4-13)11-16(18-24-17(9-10-26)28-25-18)23-19(27)22-15-7-5-14(21)6-8-15/h1-8,16,26H,9-11H2,(H2,22,23,27). The van der Waals surface area contributed by atoms with Gasteiger partial charge in [-0.3, -0.25) is 0 Å². The molecule has 146 valence electrons. The highest BCUT2D eigenvalue weighted by molar-refractivity contribution is 6.30. The zero-order valence-corrected chi connectivity index (χ0v) is 15.5. The van der Waals surface area contributed by atoms with E-state index in [9.17, 15) is 9.18 Å². The number of aliphatic hydroxyl groups excluding tert-OH is 1. The summed E-state index contributed by atoms with van der Waals surface area (Å²) in [5, 5.41) is 18.9. The number of hydrogen-bond donors (Lipinski definition) is 3. The van der Waals surface area contributed by atoms with Crippen LogP contribution in [-0.2, 0) is 12.8 Å². The van der Waals surface area contributed by atoms with Crippen molar-refractivity contribution in [1.29, 1.82) is 0 Å². The Kier molecular flexibility index (Phi) is 6.57. The van der Waals surface area contributed by atoms with Crippen LogP contribution in [0.4, 0.5) is 14.9 Å². The Morgan fingerprint density at radius 2 is 1.89 bits per heavy atom. The number of nitrogens with one attached hydrogen (secondary N) is 2. The molecule has 1 atom stereocenters. The second kappa shape index (κ2) is 9.29. The predicted octanol–water partition coefficient (Wildman–Crippen LogP) is 3.50. The highest BCUT2D eigenvalue weighted by Crippen LogP contribution is 2.19. The Morgan fingerprint density at radius 3 is 2.57 bits per heavy atom. The van der Waals surface area contributed by atoms with Crippen molar-refractivity contribution >= 4 is 23.3 Å². The van der Waals surface area contributed by atoms with Crippen molar-refractivity contribution in [3.8, 4) is 0 Å². The SMILES string of the molecule is O=C(Nc1ccc(F)cc1)NC(Cc1ccc(Cl)cc1)c1noc(CCO)n1. The maximum absolute atomic E-state index is 13.0. The number of nitrogens with zero attached hydrogens (tertiary/aromatic N) is 2. The van der Waals surface area contributed by atoms with Crippen LogP contribution in [-0.4, -0.2) is 27.9 Å². The monoisotopic (exact) mass is 404 g/mol. The maximum Gasteiger partial charge on any atom is 0.319 e. The molecule has 2 aromatic carbocycles. The number of hydrogen-bond acceptors (Lipinski definition) is 5. The first-order valence-electron chi connectivity index (χ1n) is 8.54. The Balaban J connectivity index is 1.75. The molecule has 1 unspecified atom stereocenters. The fraction of sp³-hybridized carbons (Fsp3) is 0.211. The van der Waals surface area contributed by atoms with Crippen LogP contribution in [0.1, 0.15) is 23.3 Å². The second-order valence-electron chi connectivity index (χ2n) is 6.01. The average molecular weight is 405 g/mol. The molecule has 1 aromatic heterocycles. The maximum atomic E-state index is 13.0. The van der Waals surface area contributed by atoms with E-state index in [1.54, 1.807) is 12.1 Å². The van der Waals surface area contributed by atoms with E-state index < -0.39 is 17.9 Å². The zero-order valence-electron chi connectivity index (χ0n) is 14.7. The van der Waals surface area contributed by atoms with Crippen molar-refractivity contribution in [1.82, 2.24) is 15.5 Å². The zero-order chi connectivity index (χ0) is 19.9. The number of aromatic nitrogens is 2. The minimum atomic E-state index is -0.585. The van der Waals surface area contributed by atoms with Crippen LogP contribution in [0.25, 0.3) is 0 Å². The molecule has 0 fully saturated rings. The molecule has 9 heteroatoms. The molecule has 0 aliphatic carbocycles. The van der Waals surface area contributed by atoms with E-state index in [-0.39, 0.29) is 24.7 Å². The molecule has 3 N–H and O–H groups in total. The molecule has 0 saturated heterocycles. The van der Waals surface area contributed by atoms with E-state index in [1.807, 2.05) is 12.1 Å². The van der Waals surface area contributed by atoms with Gasteiger partial charge < -0.3 is 20.3 Å². The molecule has 3 rings (SSSR count). The highest BCUT2D eigenvalue weighted by atomic mass is 35.5. The van der Waals surface area contributed by atoms with Crippen molar-refractivity contribution < 1.29 is 18.8 Å². The van der Waals surface area contributed by atoms with Crippen LogP contribution in [0.2, 0.25) is 5.02 Å². The number of amides is 2. The number of halogens is 2. The minimum absolute atomic E-state index is 0.123. The summed E-state index contributed by atoms with van der Waals surface area (Å²) in [4.78, 5) is 16.6. The van der Waals surface area contributed by atoms with Gasteiger partial charge in [0.25, 0.3) is 0 Å². The summed E-state index contributed by atoms with van der Waals surface area (Å²) in [6, 6.07) is 11.5. The Bertz CT molecular complexity index is 916. The van der Waals surface area contributed by atoms with Gasteiger partial charge in [0.1, 0.15) is 5.82 Å². The molecular weight excluding hydrogens is 387 g/mol. The number of rotatable bonds is 7. The van der Waals surface area contributed by atoms with Crippen molar-refractivity contribution in [2.75, 3.05) is 11.9 Å². The number of carbonyl (C=O) groups excluding carboxylic acids is 1. The van der Waals surface area contributed by atoms with E-state index in [0.717, 1.165) is 5.56 Å². The second-order valence-corrected chi connectivity index (χ2v) is 6.44. The first-order chi connectivity index (χ1) is 13.5. The Morgan fingerprint density at radius 1 is 1.18 bits per heavy atom. The fourth-order valence-corrected chi connectivity index (χ4v) is 2.65. The summed E-state index contributed by atoms with van der Waals surface area (Å²) in [6.07, 6.45) is 0.620. The third-order valence-corrected chi connectivity index (χ3v) is 4.13. The summed E-state index contributed by atoms with van der Waals surface area (Å²) in [7, 11) is 0. The largest absolute Gasteiger partial charge is 0.396 e. The molecule has 28 heavy (non-hydrogen) atoms. The smallest absolute Gasteiger partial charge is 0.319 e. The van der Waals surface area contributed by atoms with Crippen LogP contribution >= 0.6 is 11.6 Å². The van der Waals surface area contributed by atoms with Gasteiger partial charge in [-0.2, -0.15) is 4.98 Å². The molecule has 1 heterocycles. The van der Waals surface area contributed by atoms with E-state index in [2.05, 4.69) is 20.8 Å². The summed E-state index contributed by atoms with van der Waals surface area (Å²) >= 11 is 5.92. The molecule has 0 aliphatic heterocycles. The van der Waals surface area contributed by atoms with Crippen LogP contribution < -0.4 is 10.6 Å². The van der Waals surface area contributed by atoms with E-state index in [0.29, 0.717) is 17.1 Å². The first kappa shape index (κ1) is 19.8. The average Bonchev–Trinajstić information content (AvgIpc) is 3.14. The third-order valence-electron chi connectivity index (χ3n) is 3.88. The normalized spacial score (nSPS) is 11.8. The summed E-state index contributed by atoms with van der Waals surface area (Å²) in [5.74, 6) is 0.168. The van der Waals surface area contributed by atoms with Gasteiger partial charge in [-0.05, 0) is 42.0 Å². The summed E-state index contributed by atoms with van der Waals surface area (Å²) in [6.45, 7) is -0.123. The van der Waals surface area contributed by atoms with Crippen LogP contribution in [0, 0.1) is 5.82 Å². The number of anilines is 1. The minimum Gasteiger partial charge on any atom is -0.396 e. The van der Waals surface area contributed by atoms with Crippen molar-refractivity contribution in [3.05, 3.63) is 76.6 Å². The van der Waals surface area contributed by atoms with Crippen LogP contribution in [0.3, 0.4) is 0 Å². The van der Waals surface area contributed by atoms with Crippen molar-refractivity contribution in [2.24, 2.45) is 0 Å². The number of urea groups is 1. The fourth-order valence-electron chi connectivity index (χ4n) is 2.53. The first-order valence-corrected chi connectivity index (χ1v) is 8.92. The lowest BCUT2D eigenvalue weighted by Crippen LogP contribution is -2.34. The summed E-state index contributed by atoms with van der Waals surface area (Å²) in [5.41, 5.74) is 1.35. The quantitative estimate of drug-likeness (QED) is 0.559. The molecule has 2 amide bonds. The molecule has 0 aliphatic rings. The number of carbonyl (C=O) groups is 1. The van der Waals surface area contributed by atoms with E-state index in [4.69, 9.17) is 21.2 Å². The van der Waals surface area contributed by atoms with E-state index in [1.165, 1.54) is 24.3 Å². The van der Waals surface area contributed by atoms with Crippen LogP contribution in [0.5, 0.6) is 0 Å². The van der Waals surface area contributed by atoms with E-state index >= 15 is 0 Å². The lowest BCUT2D eigenvalue weighted by Gasteiger charge is -2.16. The predicted molar refractivity (Wildman–Crippen MR) is 102 cm³/mol. The Labute approximate surface area is 165 Å². The van der Waals surface area contributed by atoms with Crippen molar-refractivity contribution in [2.45, 2.75) is 18.9 Å². The number of aliphatic hydroxyl groups is 1. The van der Waals surface area contributed by atoms with Gasteiger partial charge in [-0.15, -0.1) is 0 Å².